The van der Waals surface area contributed by atoms with Crippen molar-refractivity contribution in [3.63, 3.8) is 0 Å². The zero-order valence-electron chi connectivity index (χ0n) is 14.4. The lowest BCUT2D eigenvalue weighted by Gasteiger charge is -2.23. The lowest BCUT2D eigenvalue weighted by Crippen LogP contribution is -2.33. The van der Waals surface area contributed by atoms with Crippen molar-refractivity contribution in [3.05, 3.63) is 25.3 Å². The molecule has 0 spiro atoms. The van der Waals surface area contributed by atoms with Crippen LogP contribution in [0.5, 0.6) is 0 Å². The third-order valence-electron chi connectivity index (χ3n) is 3.64. The molecule has 0 saturated carbocycles. The molecule has 0 aliphatic heterocycles. The second kappa shape index (κ2) is 13.1. The summed E-state index contributed by atoms with van der Waals surface area (Å²) in [5.41, 5.74) is 0. The summed E-state index contributed by atoms with van der Waals surface area (Å²) in [6, 6.07) is 0. The molecule has 126 valence electrons. The summed E-state index contributed by atoms with van der Waals surface area (Å²) >= 11 is 0. The topological polar surface area (TPSA) is 40.6 Å². The Kier molecular flexibility index (Phi) is 12.2. The Hall–Kier alpha value is -1.58. The van der Waals surface area contributed by atoms with Crippen LogP contribution in [0.2, 0.25) is 0 Å². The lowest BCUT2D eigenvalue weighted by molar-refractivity contribution is -0.127. The molecule has 0 aliphatic carbocycles. The fourth-order valence-electron chi connectivity index (χ4n) is 2.23. The zero-order chi connectivity index (χ0) is 16.8. The Morgan fingerprint density at radius 1 is 0.727 bits per heavy atom. The number of hydrogen-bond donors (Lipinski definition) is 0. The van der Waals surface area contributed by atoms with E-state index < -0.39 is 0 Å². The molecule has 0 unspecified atom stereocenters. The van der Waals surface area contributed by atoms with Crippen LogP contribution in [0, 0.1) is 0 Å². The van der Waals surface area contributed by atoms with Crippen LogP contribution in [-0.2, 0) is 9.59 Å². The molecule has 0 fully saturated rings. The van der Waals surface area contributed by atoms with E-state index in [1.807, 2.05) is 9.80 Å². The Balaban J connectivity index is 4.21. The Labute approximate surface area is 135 Å². The minimum absolute atomic E-state index is 0.00143. The Morgan fingerprint density at radius 2 is 1.05 bits per heavy atom. The first-order valence-corrected chi connectivity index (χ1v) is 8.43. The van der Waals surface area contributed by atoms with Crippen molar-refractivity contribution in [2.45, 2.75) is 52.4 Å². The lowest BCUT2D eigenvalue weighted by atomic mass is 10.2. The smallest absolute Gasteiger partial charge is 0.245 e. The van der Waals surface area contributed by atoms with Crippen LogP contribution in [0.1, 0.15) is 52.4 Å². The third kappa shape index (κ3) is 8.65. The molecule has 0 N–H and O–H groups in total. The van der Waals surface area contributed by atoms with Crippen LogP contribution in [0.4, 0.5) is 0 Å². The van der Waals surface area contributed by atoms with E-state index in [9.17, 15) is 9.59 Å². The average molecular weight is 308 g/mol. The highest BCUT2D eigenvalue weighted by atomic mass is 16.2. The molecule has 4 heteroatoms. The van der Waals surface area contributed by atoms with Crippen molar-refractivity contribution >= 4 is 11.8 Å². The van der Waals surface area contributed by atoms with Gasteiger partial charge >= 0.3 is 0 Å². The van der Waals surface area contributed by atoms with Gasteiger partial charge in [-0.1, -0.05) is 39.8 Å². The molecule has 0 aromatic carbocycles. The maximum Gasteiger partial charge on any atom is 0.245 e. The molecule has 0 radical (unpaired) electrons. The van der Waals surface area contributed by atoms with Crippen molar-refractivity contribution in [2.24, 2.45) is 0 Å². The van der Waals surface area contributed by atoms with Gasteiger partial charge in [0.1, 0.15) is 0 Å². The van der Waals surface area contributed by atoms with Gasteiger partial charge in [-0.05, 0) is 37.8 Å². The van der Waals surface area contributed by atoms with Crippen LogP contribution < -0.4 is 0 Å². The van der Waals surface area contributed by atoms with Gasteiger partial charge in [-0.25, -0.2) is 0 Å². The Morgan fingerprint density at radius 3 is 1.32 bits per heavy atom. The normalized spacial score (nSPS) is 10.1. The van der Waals surface area contributed by atoms with Crippen molar-refractivity contribution in [1.82, 2.24) is 9.80 Å². The van der Waals surface area contributed by atoms with Crippen LogP contribution in [0.25, 0.3) is 0 Å². The van der Waals surface area contributed by atoms with Crippen LogP contribution in [0.15, 0.2) is 25.3 Å². The standard InChI is InChI=1S/C18H32N2O2/c1-5-9-13-19(17(21)7-3)15-11-12-16-20(14-10-6-2)18(22)8-4/h7-8H,3-6,9-16H2,1-2H3. The van der Waals surface area contributed by atoms with Crippen molar-refractivity contribution in [2.75, 3.05) is 26.2 Å². The van der Waals surface area contributed by atoms with Gasteiger partial charge in [0.15, 0.2) is 0 Å². The zero-order valence-corrected chi connectivity index (χ0v) is 14.4. The predicted molar refractivity (Wildman–Crippen MR) is 92.6 cm³/mol. The molecule has 0 heterocycles. The first kappa shape index (κ1) is 20.4. The van der Waals surface area contributed by atoms with E-state index in [0.29, 0.717) is 0 Å². The predicted octanol–water partition coefficient (Wildman–Crippen LogP) is 3.40. The molecule has 0 bridgehead atoms. The number of amides is 2. The monoisotopic (exact) mass is 308 g/mol. The van der Waals surface area contributed by atoms with Crippen molar-refractivity contribution in [3.8, 4) is 0 Å². The summed E-state index contributed by atoms with van der Waals surface area (Å²) in [7, 11) is 0. The van der Waals surface area contributed by atoms with Gasteiger partial charge in [-0.3, -0.25) is 9.59 Å². The van der Waals surface area contributed by atoms with Gasteiger partial charge in [0, 0.05) is 26.2 Å². The number of unbranched alkanes of at least 4 members (excludes halogenated alkanes) is 3. The van der Waals surface area contributed by atoms with Crippen LogP contribution in [0.3, 0.4) is 0 Å². The van der Waals surface area contributed by atoms with Gasteiger partial charge in [0.2, 0.25) is 11.8 Å². The number of carbonyl (C=O) groups excluding carboxylic acids is 2. The maximum atomic E-state index is 11.8. The third-order valence-corrected chi connectivity index (χ3v) is 3.64. The molecule has 0 aromatic rings. The van der Waals surface area contributed by atoms with Gasteiger partial charge in [-0.2, -0.15) is 0 Å². The number of hydrogen-bond acceptors (Lipinski definition) is 2. The van der Waals surface area contributed by atoms with Crippen molar-refractivity contribution in [1.29, 1.82) is 0 Å². The average Bonchev–Trinajstić information content (AvgIpc) is 2.55. The van der Waals surface area contributed by atoms with Crippen LogP contribution >= 0.6 is 0 Å². The maximum absolute atomic E-state index is 11.8. The summed E-state index contributed by atoms with van der Waals surface area (Å²) in [6.45, 7) is 14.4. The first-order chi connectivity index (χ1) is 10.6. The van der Waals surface area contributed by atoms with Gasteiger partial charge in [-0.15, -0.1) is 0 Å². The number of nitrogens with zero attached hydrogens (tertiary/aromatic N) is 2. The molecule has 22 heavy (non-hydrogen) atoms. The quantitative estimate of drug-likeness (QED) is 0.386. The molecule has 0 atom stereocenters. The fourth-order valence-corrected chi connectivity index (χ4v) is 2.23. The van der Waals surface area contributed by atoms with E-state index in [0.717, 1.165) is 64.7 Å². The highest BCUT2D eigenvalue weighted by molar-refractivity contribution is 5.87. The molecular formula is C18H32N2O2. The minimum atomic E-state index is -0.00143. The van der Waals surface area contributed by atoms with E-state index in [4.69, 9.17) is 0 Å². The molecule has 4 nitrogen and oxygen atoms in total. The Bertz CT molecular complexity index is 319. The van der Waals surface area contributed by atoms with Crippen LogP contribution in [-0.4, -0.2) is 47.8 Å². The number of rotatable bonds is 13. The fraction of sp³-hybridized carbons (Fsp3) is 0.667. The van der Waals surface area contributed by atoms with Gasteiger partial charge in [0.05, 0.1) is 0 Å². The highest BCUT2D eigenvalue weighted by Gasteiger charge is 2.11. The minimum Gasteiger partial charge on any atom is -0.339 e. The van der Waals surface area contributed by atoms with E-state index in [1.54, 1.807) is 0 Å². The first-order valence-electron chi connectivity index (χ1n) is 8.43. The van der Waals surface area contributed by atoms with E-state index in [1.165, 1.54) is 12.2 Å². The summed E-state index contributed by atoms with van der Waals surface area (Å²) in [6.07, 6.45) is 8.72. The van der Waals surface area contributed by atoms with E-state index in [-0.39, 0.29) is 11.8 Å². The molecule has 0 saturated heterocycles. The molecule has 2 amide bonds. The molecule has 0 aromatic heterocycles. The van der Waals surface area contributed by atoms with E-state index >= 15 is 0 Å². The largest absolute Gasteiger partial charge is 0.339 e. The second-order valence-corrected chi connectivity index (χ2v) is 5.47. The van der Waals surface area contributed by atoms with Crippen molar-refractivity contribution < 1.29 is 9.59 Å². The summed E-state index contributed by atoms with van der Waals surface area (Å²) < 4.78 is 0. The highest BCUT2D eigenvalue weighted by Crippen LogP contribution is 2.04. The molecule has 0 aliphatic rings. The summed E-state index contributed by atoms with van der Waals surface area (Å²) in [4.78, 5) is 27.2. The SMILES string of the molecule is C=CC(=O)N(CCCC)CCCCN(CCCC)C(=O)C=C. The summed E-state index contributed by atoms with van der Waals surface area (Å²) in [5, 5.41) is 0. The molecule has 0 rings (SSSR count). The van der Waals surface area contributed by atoms with E-state index in [2.05, 4.69) is 27.0 Å². The van der Waals surface area contributed by atoms with Gasteiger partial charge in [0.25, 0.3) is 0 Å². The number of carbonyl (C=O) groups is 2. The van der Waals surface area contributed by atoms with Gasteiger partial charge < -0.3 is 9.80 Å². The summed E-state index contributed by atoms with van der Waals surface area (Å²) in [5.74, 6) is -0.00286. The molecular weight excluding hydrogens is 276 g/mol. The second-order valence-electron chi connectivity index (χ2n) is 5.47.